The number of nitrogens with one attached hydrogen (secondary N) is 1. The maximum absolute atomic E-state index is 12.6. The molecule has 1 fully saturated rings. The number of alkyl halides is 3. The fraction of sp³-hybridized carbons (Fsp3) is 0.190. The van der Waals surface area contributed by atoms with E-state index in [4.69, 9.17) is 0 Å². The molecule has 1 heterocycles. The number of hydrogen-bond donors (Lipinski definition) is 1. The minimum atomic E-state index is -4.41. The van der Waals surface area contributed by atoms with Gasteiger partial charge in [-0.25, -0.2) is 0 Å². The van der Waals surface area contributed by atoms with Gasteiger partial charge in [-0.1, -0.05) is 36.0 Å². The van der Waals surface area contributed by atoms with E-state index in [-0.39, 0.29) is 23.4 Å². The molecule has 30 heavy (non-hydrogen) atoms. The Balaban J connectivity index is 1.61. The second-order valence-corrected chi connectivity index (χ2v) is 7.55. The Hall–Kier alpha value is -3.07. The molecule has 3 rings (SSSR count). The summed E-state index contributed by atoms with van der Waals surface area (Å²) < 4.78 is 37.9. The van der Waals surface area contributed by atoms with Gasteiger partial charge in [0.05, 0.1) is 17.9 Å². The first kappa shape index (κ1) is 21.6. The highest BCUT2D eigenvalue weighted by Crippen LogP contribution is 2.30. The molecule has 0 saturated carbocycles. The molecule has 2 aromatic carbocycles. The fourth-order valence-electron chi connectivity index (χ4n) is 2.79. The van der Waals surface area contributed by atoms with Crippen molar-refractivity contribution < 1.29 is 27.6 Å². The van der Waals surface area contributed by atoms with Crippen molar-refractivity contribution in [3.63, 3.8) is 0 Å². The zero-order valence-corrected chi connectivity index (χ0v) is 16.6. The Labute approximate surface area is 174 Å². The van der Waals surface area contributed by atoms with E-state index in [1.165, 1.54) is 23.1 Å². The van der Waals surface area contributed by atoms with Gasteiger partial charge in [0.1, 0.15) is 0 Å². The number of halogens is 3. The number of thioether (sulfide) groups is 1. The van der Waals surface area contributed by atoms with Crippen LogP contribution < -0.4 is 5.32 Å². The molecule has 0 spiro atoms. The van der Waals surface area contributed by atoms with E-state index in [0.29, 0.717) is 16.8 Å². The monoisotopic (exact) mass is 434 g/mol. The number of benzene rings is 2. The fourth-order valence-corrected chi connectivity index (χ4v) is 3.52. The highest BCUT2D eigenvalue weighted by Gasteiger charge is 2.30. The second kappa shape index (κ2) is 8.74. The first-order chi connectivity index (χ1) is 14.1. The van der Waals surface area contributed by atoms with E-state index in [1.807, 2.05) is 0 Å². The first-order valence-electron chi connectivity index (χ1n) is 8.86. The normalized spacial score (nSPS) is 14.9. The number of nitrogens with zero attached hydrogens (tertiary/aromatic N) is 1. The highest BCUT2D eigenvalue weighted by molar-refractivity contribution is 8.14. The largest absolute Gasteiger partial charge is 0.416 e. The molecule has 156 valence electrons. The van der Waals surface area contributed by atoms with Gasteiger partial charge >= 0.3 is 6.18 Å². The highest BCUT2D eigenvalue weighted by atomic mass is 32.2. The summed E-state index contributed by atoms with van der Waals surface area (Å²) in [6, 6.07) is 11.3. The van der Waals surface area contributed by atoms with Gasteiger partial charge in [-0.2, -0.15) is 13.2 Å². The molecule has 3 amide bonds. The maximum Gasteiger partial charge on any atom is 0.416 e. The van der Waals surface area contributed by atoms with Crippen LogP contribution in [-0.2, 0) is 22.3 Å². The van der Waals surface area contributed by atoms with Gasteiger partial charge in [-0.3, -0.25) is 19.3 Å². The summed E-state index contributed by atoms with van der Waals surface area (Å²) in [6.07, 6.45) is -3.11. The minimum Gasteiger partial charge on any atom is -0.323 e. The van der Waals surface area contributed by atoms with Gasteiger partial charge in [0.2, 0.25) is 11.8 Å². The van der Waals surface area contributed by atoms with Crippen LogP contribution in [0, 0.1) is 0 Å². The van der Waals surface area contributed by atoms with Gasteiger partial charge in [-0.15, -0.1) is 0 Å². The van der Waals surface area contributed by atoms with E-state index >= 15 is 0 Å². The van der Waals surface area contributed by atoms with Gasteiger partial charge in [0, 0.05) is 11.8 Å². The van der Waals surface area contributed by atoms with Crippen molar-refractivity contribution in [1.29, 1.82) is 0 Å². The van der Waals surface area contributed by atoms with Crippen LogP contribution in [-0.4, -0.2) is 27.7 Å². The number of carbonyl (C=O) groups excluding carboxylic acids is 3. The third-order valence-electron chi connectivity index (χ3n) is 4.42. The molecular formula is C21H17F3N2O3S. The summed E-state index contributed by atoms with van der Waals surface area (Å²) in [5.41, 5.74) is 1.52. The molecule has 1 saturated heterocycles. The summed E-state index contributed by atoms with van der Waals surface area (Å²) in [4.78, 5) is 36.7. The number of carbonyl (C=O) groups is 3. The molecule has 0 atom stereocenters. The van der Waals surface area contributed by atoms with Crippen LogP contribution in [0.25, 0.3) is 5.57 Å². The molecule has 2 aromatic rings. The minimum absolute atomic E-state index is 0.150. The molecule has 0 unspecified atom stereocenters. The third-order valence-corrected chi connectivity index (χ3v) is 5.28. The zero-order valence-electron chi connectivity index (χ0n) is 15.8. The first-order valence-corrected chi connectivity index (χ1v) is 9.85. The smallest absolute Gasteiger partial charge is 0.323 e. The molecule has 0 aromatic heterocycles. The van der Waals surface area contributed by atoms with Crippen molar-refractivity contribution in [2.75, 3.05) is 11.1 Å². The van der Waals surface area contributed by atoms with E-state index in [1.54, 1.807) is 31.2 Å². The number of allylic oxidation sites excluding steroid dienone is 1. The molecule has 1 aliphatic heterocycles. The lowest BCUT2D eigenvalue weighted by atomic mass is 10.0. The predicted octanol–water partition coefficient (Wildman–Crippen LogP) is 4.94. The Kier molecular flexibility index (Phi) is 6.31. The van der Waals surface area contributed by atoms with Crippen molar-refractivity contribution in [2.45, 2.75) is 19.6 Å². The second-order valence-electron chi connectivity index (χ2n) is 6.62. The molecule has 9 heteroatoms. The average Bonchev–Trinajstić information content (AvgIpc) is 3.01. The third kappa shape index (κ3) is 5.29. The summed E-state index contributed by atoms with van der Waals surface area (Å²) in [6.45, 7) is 1.80. The summed E-state index contributed by atoms with van der Waals surface area (Å²) in [7, 11) is 0. The lowest BCUT2D eigenvalue weighted by Crippen LogP contribution is -2.27. The van der Waals surface area contributed by atoms with Crippen LogP contribution in [0.5, 0.6) is 0 Å². The molecule has 1 aliphatic rings. The van der Waals surface area contributed by atoms with E-state index < -0.39 is 17.6 Å². The quantitative estimate of drug-likeness (QED) is 0.677. The Morgan fingerprint density at radius 1 is 1.10 bits per heavy atom. The maximum atomic E-state index is 12.6. The molecular weight excluding hydrogens is 417 g/mol. The zero-order chi connectivity index (χ0) is 21.9. The van der Waals surface area contributed by atoms with Crippen LogP contribution in [0.2, 0.25) is 0 Å². The van der Waals surface area contributed by atoms with Crippen LogP contribution in [0.1, 0.15) is 23.6 Å². The average molecular weight is 434 g/mol. The van der Waals surface area contributed by atoms with Crippen molar-refractivity contribution in [1.82, 2.24) is 4.90 Å². The number of amides is 3. The van der Waals surface area contributed by atoms with Gasteiger partial charge in [0.25, 0.3) is 5.24 Å². The lowest BCUT2D eigenvalue weighted by molar-refractivity contribution is -0.137. The van der Waals surface area contributed by atoms with Crippen LogP contribution >= 0.6 is 11.8 Å². The molecule has 5 nitrogen and oxygen atoms in total. The Bertz CT molecular complexity index is 984. The summed E-state index contributed by atoms with van der Waals surface area (Å²) in [5.74, 6) is -0.509. The standard InChI is InChI=1S/C21H17F3N2O3S/c1-13(15-4-6-16(7-5-15)21(22,23)24)10-18(27)25-17-8-2-14(3-9-17)11-26-19(28)12-30-20(26)29/h2-10H,11-12H2,1H3,(H,25,27). The van der Waals surface area contributed by atoms with Crippen molar-refractivity contribution in [2.24, 2.45) is 0 Å². The number of rotatable bonds is 5. The number of anilines is 1. The van der Waals surface area contributed by atoms with Gasteiger partial charge in [0.15, 0.2) is 0 Å². The molecule has 1 N–H and O–H groups in total. The van der Waals surface area contributed by atoms with Crippen molar-refractivity contribution in [3.05, 3.63) is 71.3 Å². The Morgan fingerprint density at radius 3 is 2.27 bits per heavy atom. The van der Waals surface area contributed by atoms with Crippen molar-refractivity contribution >= 4 is 40.1 Å². The van der Waals surface area contributed by atoms with E-state index in [9.17, 15) is 27.6 Å². The lowest BCUT2D eigenvalue weighted by Gasteiger charge is -2.13. The van der Waals surface area contributed by atoms with Crippen LogP contribution in [0.4, 0.5) is 23.7 Å². The van der Waals surface area contributed by atoms with Crippen LogP contribution in [0.3, 0.4) is 0 Å². The number of imide groups is 1. The number of hydrogen-bond acceptors (Lipinski definition) is 4. The summed E-state index contributed by atoms with van der Waals surface area (Å²) in [5, 5.41) is 2.39. The molecule has 0 radical (unpaired) electrons. The van der Waals surface area contributed by atoms with E-state index in [0.717, 1.165) is 29.5 Å². The Morgan fingerprint density at radius 2 is 1.73 bits per heavy atom. The van der Waals surface area contributed by atoms with Gasteiger partial charge < -0.3 is 5.32 Å². The van der Waals surface area contributed by atoms with Gasteiger partial charge in [-0.05, 0) is 47.9 Å². The molecule has 0 bridgehead atoms. The SMILES string of the molecule is CC(=CC(=O)Nc1ccc(CN2C(=O)CSC2=O)cc1)c1ccc(C(F)(F)F)cc1. The van der Waals surface area contributed by atoms with Crippen LogP contribution in [0.15, 0.2) is 54.6 Å². The molecule has 0 aliphatic carbocycles. The van der Waals surface area contributed by atoms with Crippen molar-refractivity contribution in [3.8, 4) is 0 Å². The predicted molar refractivity (Wildman–Crippen MR) is 109 cm³/mol. The van der Waals surface area contributed by atoms with E-state index in [2.05, 4.69) is 5.32 Å². The topological polar surface area (TPSA) is 66.5 Å². The summed E-state index contributed by atoms with van der Waals surface area (Å²) >= 11 is 0.968.